The Balaban J connectivity index is 1.65. The standard InChI is InChI=1S/C19H20FNO3S/c1-12-4-5-14(10-16(12)20)21-19(22)13(2)25-15-6-7-17-18(11-15)24-9-3-8-23-17/h4-7,10-11,13H,3,8-9H2,1-2H3,(H,21,22). The van der Waals surface area contributed by atoms with Gasteiger partial charge < -0.3 is 14.8 Å². The van der Waals surface area contributed by atoms with E-state index >= 15 is 0 Å². The molecule has 1 unspecified atom stereocenters. The number of nitrogens with one attached hydrogen (secondary N) is 1. The van der Waals surface area contributed by atoms with Gasteiger partial charge in [0.25, 0.3) is 0 Å². The zero-order valence-electron chi connectivity index (χ0n) is 14.2. The van der Waals surface area contributed by atoms with E-state index < -0.39 is 0 Å². The summed E-state index contributed by atoms with van der Waals surface area (Å²) in [7, 11) is 0. The number of amides is 1. The quantitative estimate of drug-likeness (QED) is 0.819. The highest BCUT2D eigenvalue weighted by Crippen LogP contribution is 2.35. The Morgan fingerprint density at radius 1 is 1.16 bits per heavy atom. The first-order valence-corrected chi connectivity index (χ1v) is 9.04. The SMILES string of the molecule is Cc1ccc(NC(=O)C(C)Sc2ccc3c(c2)OCCCO3)cc1F. The lowest BCUT2D eigenvalue weighted by Crippen LogP contribution is -2.22. The number of aryl methyl sites for hydroxylation is 1. The number of benzene rings is 2. The Hall–Kier alpha value is -2.21. The van der Waals surface area contributed by atoms with Gasteiger partial charge in [-0.3, -0.25) is 4.79 Å². The van der Waals surface area contributed by atoms with E-state index in [-0.39, 0.29) is 17.0 Å². The van der Waals surface area contributed by atoms with Crippen molar-refractivity contribution in [2.24, 2.45) is 0 Å². The van der Waals surface area contributed by atoms with Crippen LogP contribution in [0, 0.1) is 12.7 Å². The van der Waals surface area contributed by atoms with Crippen molar-refractivity contribution in [3.8, 4) is 11.5 Å². The largest absolute Gasteiger partial charge is 0.490 e. The molecule has 1 N–H and O–H groups in total. The minimum absolute atomic E-state index is 0.180. The summed E-state index contributed by atoms with van der Waals surface area (Å²) in [6, 6.07) is 10.3. The van der Waals surface area contributed by atoms with Gasteiger partial charge in [0.1, 0.15) is 5.82 Å². The molecular weight excluding hydrogens is 341 g/mol. The van der Waals surface area contributed by atoms with Gasteiger partial charge in [-0.2, -0.15) is 0 Å². The zero-order chi connectivity index (χ0) is 17.8. The first-order chi connectivity index (χ1) is 12.0. The van der Waals surface area contributed by atoms with Crippen LogP contribution in [0.25, 0.3) is 0 Å². The molecule has 1 heterocycles. The number of carbonyl (C=O) groups excluding carboxylic acids is 1. The van der Waals surface area contributed by atoms with Gasteiger partial charge in [-0.1, -0.05) is 6.07 Å². The average Bonchev–Trinajstić information content (AvgIpc) is 2.83. The van der Waals surface area contributed by atoms with Crippen molar-refractivity contribution >= 4 is 23.4 Å². The number of carbonyl (C=O) groups is 1. The predicted molar refractivity (Wildman–Crippen MR) is 97.1 cm³/mol. The van der Waals surface area contributed by atoms with Crippen LogP contribution in [0.15, 0.2) is 41.3 Å². The number of hydrogen-bond donors (Lipinski definition) is 1. The second kappa shape index (κ2) is 7.78. The molecule has 2 aromatic carbocycles. The lowest BCUT2D eigenvalue weighted by atomic mass is 10.2. The second-order valence-corrected chi connectivity index (χ2v) is 7.29. The van der Waals surface area contributed by atoms with E-state index in [0.29, 0.717) is 30.2 Å². The smallest absolute Gasteiger partial charge is 0.237 e. The summed E-state index contributed by atoms with van der Waals surface area (Å²) in [5.41, 5.74) is 1.01. The molecule has 1 aliphatic heterocycles. The van der Waals surface area contributed by atoms with Crippen molar-refractivity contribution in [2.45, 2.75) is 30.4 Å². The van der Waals surface area contributed by atoms with Crippen LogP contribution in [0.2, 0.25) is 0 Å². The number of thioether (sulfide) groups is 1. The number of anilines is 1. The number of fused-ring (bicyclic) bond motifs is 1. The Kier molecular flexibility index (Phi) is 5.48. The molecule has 0 aliphatic carbocycles. The maximum absolute atomic E-state index is 13.6. The number of rotatable bonds is 4. The summed E-state index contributed by atoms with van der Waals surface area (Å²) in [4.78, 5) is 13.3. The highest BCUT2D eigenvalue weighted by Gasteiger charge is 2.17. The van der Waals surface area contributed by atoms with Crippen LogP contribution in [-0.2, 0) is 4.79 Å². The summed E-state index contributed by atoms with van der Waals surface area (Å²) >= 11 is 1.42. The third-order valence-corrected chi connectivity index (χ3v) is 4.93. The van der Waals surface area contributed by atoms with E-state index in [0.717, 1.165) is 17.1 Å². The molecule has 0 radical (unpaired) electrons. The van der Waals surface area contributed by atoms with Crippen molar-refractivity contribution in [1.82, 2.24) is 0 Å². The van der Waals surface area contributed by atoms with Crippen LogP contribution < -0.4 is 14.8 Å². The molecule has 0 saturated carbocycles. The van der Waals surface area contributed by atoms with E-state index in [1.165, 1.54) is 17.8 Å². The number of halogens is 1. The first-order valence-electron chi connectivity index (χ1n) is 8.16. The number of hydrogen-bond acceptors (Lipinski definition) is 4. The Bertz CT molecular complexity index is 781. The van der Waals surface area contributed by atoms with E-state index in [1.54, 1.807) is 19.1 Å². The summed E-state index contributed by atoms with van der Waals surface area (Å²) in [5, 5.41) is 2.41. The Morgan fingerprint density at radius 3 is 2.68 bits per heavy atom. The molecule has 4 nitrogen and oxygen atoms in total. The lowest BCUT2D eigenvalue weighted by Gasteiger charge is -2.14. The molecule has 1 amide bonds. The van der Waals surface area contributed by atoms with E-state index in [2.05, 4.69) is 5.32 Å². The second-order valence-electron chi connectivity index (χ2n) is 5.87. The van der Waals surface area contributed by atoms with E-state index in [9.17, 15) is 9.18 Å². The van der Waals surface area contributed by atoms with Gasteiger partial charge in [0.2, 0.25) is 5.91 Å². The summed E-state index contributed by atoms with van der Waals surface area (Å²) < 4.78 is 24.9. The maximum atomic E-state index is 13.6. The predicted octanol–water partition coefficient (Wildman–Crippen LogP) is 4.41. The summed E-state index contributed by atoms with van der Waals surface area (Å²) in [6.07, 6.45) is 0.850. The third-order valence-electron chi connectivity index (χ3n) is 3.84. The topological polar surface area (TPSA) is 47.6 Å². The Morgan fingerprint density at radius 2 is 1.92 bits per heavy atom. The van der Waals surface area contributed by atoms with E-state index in [1.807, 2.05) is 25.1 Å². The minimum Gasteiger partial charge on any atom is -0.490 e. The molecule has 6 heteroatoms. The van der Waals surface area contributed by atoms with Crippen molar-refractivity contribution in [3.63, 3.8) is 0 Å². The minimum atomic E-state index is -0.339. The fraction of sp³-hybridized carbons (Fsp3) is 0.316. The molecule has 25 heavy (non-hydrogen) atoms. The van der Waals surface area contributed by atoms with Crippen LogP contribution in [0.1, 0.15) is 18.9 Å². The maximum Gasteiger partial charge on any atom is 0.237 e. The van der Waals surface area contributed by atoms with Crippen LogP contribution in [-0.4, -0.2) is 24.4 Å². The summed E-state index contributed by atoms with van der Waals surface area (Å²) in [6.45, 7) is 4.76. The average molecular weight is 361 g/mol. The van der Waals surface area contributed by atoms with E-state index in [4.69, 9.17) is 9.47 Å². The molecule has 0 aromatic heterocycles. The van der Waals surface area contributed by atoms with Crippen LogP contribution in [0.5, 0.6) is 11.5 Å². The fourth-order valence-electron chi connectivity index (χ4n) is 2.39. The van der Waals surface area contributed by atoms with Gasteiger partial charge in [-0.15, -0.1) is 11.8 Å². The van der Waals surface area contributed by atoms with Crippen LogP contribution >= 0.6 is 11.8 Å². The third kappa shape index (κ3) is 4.45. The number of ether oxygens (including phenoxy) is 2. The highest BCUT2D eigenvalue weighted by molar-refractivity contribution is 8.00. The first kappa shape index (κ1) is 17.6. The molecule has 1 aliphatic rings. The zero-order valence-corrected chi connectivity index (χ0v) is 15.0. The normalized spacial score (nSPS) is 14.5. The molecule has 2 aromatic rings. The molecule has 0 bridgehead atoms. The Labute approximate surface area is 150 Å². The van der Waals surface area contributed by atoms with Crippen molar-refractivity contribution in [1.29, 1.82) is 0 Å². The van der Waals surface area contributed by atoms with Gasteiger partial charge in [-0.05, 0) is 49.7 Å². The van der Waals surface area contributed by atoms with Gasteiger partial charge >= 0.3 is 0 Å². The molecule has 1 atom stereocenters. The molecule has 0 saturated heterocycles. The van der Waals surface area contributed by atoms with Crippen LogP contribution in [0.4, 0.5) is 10.1 Å². The van der Waals surface area contributed by atoms with Gasteiger partial charge in [0.15, 0.2) is 11.5 Å². The molecular formula is C19H20FNO3S. The van der Waals surface area contributed by atoms with Crippen molar-refractivity contribution in [2.75, 3.05) is 18.5 Å². The summed E-state index contributed by atoms with van der Waals surface area (Å²) in [5.74, 6) is 0.922. The molecule has 0 fully saturated rings. The van der Waals surface area contributed by atoms with Gasteiger partial charge in [0.05, 0.1) is 18.5 Å². The molecule has 0 spiro atoms. The van der Waals surface area contributed by atoms with Crippen LogP contribution in [0.3, 0.4) is 0 Å². The lowest BCUT2D eigenvalue weighted by molar-refractivity contribution is -0.115. The monoisotopic (exact) mass is 361 g/mol. The van der Waals surface area contributed by atoms with Gasteiger partial charge in [0, 0.05) is 17.0 Å². The molecule has 132 valence electrons. The van der Waals surface area contributed by atoms with Crippen molar-refractivity contribution in [3.05, 3.63) is 47.8 Å². The fourth-order valence-corrected chi connectivity index (χ4v) is 3.28. The van der Waals surface area contributed by atoms with Gasteiger partial charge in [-0.25, -0.2) is 4.39 Å². The van der Waals surface area contributed by atoms with Crippen molar-refractivity contribution < 1.29 is 18.7 Å². The highest BCUT2D eigenvalue weighted by atomic mass is 32.2. The molecule has 3 rings (SSSR count).